The minimum absolute atomic E-state index is 0.0721. The van der Waals surface area contributed by atoms with E-state index in [1.807, 2.05) is 6.92 Å². The third-order valence-electron chi connectivity index (χ3n) is 3.07. The van der Waals surface area contributed by atoms with Gasteiger partial charge in [0.05, 0.1) is 6.42 Å². The Morgan fingerprint density at radius 2 is 2.16 bits per heavy atom. The van der Waals surface area contributed by atoms with Crippen molar-refractivity contribution in [2.75, 3.05) is 12.4 Å². The van der Waals surface area contributed by atoms with Gasteiger partial charge in [-0.25, -0.2) is 8.78 Å². The van der Waals surface area contributed by atoms with Crippen LogP contribution < -0.4 is 5.32 Å². The topological polar surface area (TPSA) is 29.1 Å². The Morgan fingerprint density at radius 3 is 2.79 bits per heavy atom. The van der Waals surface area contributed by atoms with E-state index in [-0.39, 0.29) is 17.9 Å². The maximum absolute atomic E-state index is 13.4. The lowest BCUT2D eigenvalue weighted by molar-refractivity contribution is -0.120. The molecule has 1 aromatic carbocycles. The first-order valence-corrected chi connectivity index (χ1v) is 6.87. The fourth-order valence-corrected chi connectivity index (χ4v) is 2.09. The number of nitrogens with one attached hydrogen (secondary N) is 1. The van der Waals surface area contributed by atoms with E-state index in [1.165, 1.54) is 12.1 Å². The summed E-state index contributed by atoms with van der Waals surface area (Å²) in [6, 6.07) is 3.84. The van der Waals surface area contributed by atoms with Crippen LogP contribution in [-0.2, 0) is 11.2 Å². The van der Waals surface area contributed by atoms with Crippen LogP contribution in [0.4, 0.5) is 8.78 Å². The van der Waals surface area contributed by atoms with E-state index in [4.69, 9.17) is 11.6 Å². The fraction of sp³-hybridized carbons (Fsp3) is 0.500. The Hall–Kier alpha value is -1.16. The predicted octanol–water partition coefficient (Wildman–Crippen LogP) is 3.28. The van der Waals surface area contributed by atoms with Gasteiger partial charge in [-0.1, -0.05) is 25.5 Å². The maximum Gasteiger partial charge on any atom is 0.224 e. The number of carbonyl (C=O) groups is 1. The van der Waals surface area contributed by atoms with Gasteiger partial charge in [0.1, 0.15) is 0 Å². The summed E-state index contributed by atoms with van der Waals surface area (Å²) in [6.07, 6.45) is 1.59. The second-order valence-corrected chi connectivity index (χ2v) is 4.82. The van der Waals surface area contributed by atoms with Crippen LogP contribution >= 0.6 is 11.6 Å². The summed E-state index contributed by atoms with van der Waals surface area (Å²) in [5.74, 6) is -1.33. The summed E-state index contributed by atoms with van der Waals surface area (Å²) in [5.41, 5.74) is 0.0721. The number of rotatable bonds is 7. The van der Waals surface area contributed by atoms with Crippen LogP contribution in [0, 0.1) is 17.6 Å². The van der Waals surface area contributed by atoms with Crippen molar-refractivity contribution >= 4 is 17.5 Å². The zero-order valence-electron chi connectivity index (χ0n) is 10.9. The normalized spacial score (nSPS) is 12.2. The Labute approximate surface area is 117 Å². The molecule has 0 radical (unpaired) electrons. The molecule has 0 aliphatic carbocycles. The molecule has 1 amide bonds. The molecule has 0 bridgehead atoms. The van der Waals surface area contributed by atoms with Crippen LogP contribution in [0.2, 0.25) is 0 Å². The van der Waals surface area contributed by atoms with Crippen LogP contribution in [0.5, 0.6) is 0 Å². The summed E-state index contributed by atoms with van der Waals surface area (Å²) in [4.78, 5) is 11.7. The maximum atomic E-state index is 13.4. The van der Waals surface area contributed by atoms with Gasteiger partial charge in [0.2, 0.25) is 5.91 Å². The molecule has 1 atom stereocenters. The number of amides is 1. The van der Waals surface area contributed by atoms with E-state index in [9.17, 15) is 13.6 Å². The van der Waals surface area contributed by atoms with Crippen molar-refractivity contribution in [2.45, 2.75) is 26.2 Å². The highest BCUT2D eigenvalue weighted by molar-refractivity contribution is 6.17. The molecule has 0 aliphatic rings. The predicted molar refractivity (Wildman–Crippen MR) is 72.2 cm³/mol. The standard InChI is InChI=1S/C14H18ClF2NO/c1-2-10(6-7-15)9-18-13(19)8-11-4-3-5-12(16)14(11)17/h3-5,10H,2,6-9H2,1H3,(H,18,19). The smallest absolute Gasteiger partial charge is 0.224 e. The molecule has 106 valence electrons. The largest absolute Gasteiger partial charge is 0.356 e. The van der Waals surface area contributed by atoms with Gasteiger partial charge in [0, 0.05) is 18.0 Å². The van der Waals surface area contributed by atoms with E-state index in [0.717, 1.165) is 18.9 Å². The third kappa shape index (κ3) is 5.15. The van der Waals surface area contributed by atoms with Crippen molar-refractivity contribution < 1.29 is 13.6 Å². The molecule has 0 aliphatic heterocycles. The first-order valence-electron chi connectivity index (χ1n) is 6.34. The quantitative estimate of drug-likeness (QED) is 0.767. The Balaban J connectivity index is 2.49. The van der Waals surface area contributed by atoms with Gasteiger partial charge in [-0.05, 0) is 18.4 Å². The summed E-state index contributed by atoms with van der Waals surface area (Å²) in [6.45, 7) is 2.54. The van der Waals surface area contributed by atoms with Gasteiger partial charge in [0.15, 0.2) is 11.6 Å². The van der Waals surface area contributed by atoms with Crippen molar-refractivity contribution in [3.8, 4) is 0 Å². The van der Waals surface area contributed by atoms with Gasteiger partial charge < -0.3 is 5.32 Å². The highest BCUT2D eigenvalue weighted by Crippen LogP contribution is 2.12. The Bertz CT molecular complexity index is 426. The zero-order valence-corrected chi connectivity index (χ0v) is 11.6. The number of carbonyl (C=O) groups excluding carboxylic acids is 1. The Morgan fingerprint density at radius 1 is 1.42 bits per heavy atom. The van der Waals surface area contributed by atoms with Crippen LogP contribution in [0.25, 0.3) is 0 Å². The minimum Gasteiger partial charge on any atom is -0.356 e. The van der Waals surface area contributed by atoms with Crippen LogP contribution in [0.3, 0.4) is 0 Å². The zero-order chi connectivity index (χ0) is 14.3. The van der Waals surface area contributed by atoms with E-state index in [1.54, 1.807) is 0 Å². The first kappa shape index (κ1) is 15.9. The average Bonchev–Trinajstić information content (AvgIpc) is 2.40. The fourth-order valence-electron chi connectivity index (χ4n) is 1.78. The number of hydrogen-bond donors (Lipinski definition) is 1. The average molecular weight is 290 g/mol. The second-order valence-electron chi connectivity index (χ2n) is 4.45. The number of hydrogen-bond acceptors (Lipinski definition) is 1. The minimum atomic E-state index is -0.953. The highest BCUT2D eigenvalue weighted by Gasteiger charge is 2.13. The van der Waals surface area contributed by atoms with Gasteiger partial charge in [-0.3, -0.25) is 4.79 Å². The van der Waals surface area contributed by atoms with Crippen molar-refractivity contribution in [1.82, 2.24) is 5.32 Å². The molecule has 1 aromatic rings. The Kier molecular flexibility index (Phi) is 6.78. The van der Waals surface area contributed by atoms with Gasteiger partial charge in [0.25, 0.3) is 0 Å². The number of alkyl halides is 1. The lowest BCUT2D eigenvalue weighted by Gasteiger charge is -2.14. The molecule has 2 nitrogen and oxygen atoms in total. The molecule has 0 saturated heterocycles. The number of benzene rings is 1. The van der Waals surface area contributed by atoms with Crippen molar-refractivity contribution in [3.05, 3.63) is 35.4 Å². The monoisotopic (exact) mass is 289 g/mol. The van der Waals surface area contributed by atoms with E-state index < -0.39 is 11.6 Å². The first-order chi connectivity index (χ1) is 9.08. The second kappa shape index (κ2) is 8.10. The van der Waals surface area contributed by atoms with Crippen molar-refractivity contribution in [3.63, 3.8) is 0 Å². The van der Waals surface area contributed by atoms with Crippen LogP contribution in [-0.4, -0.2) is 18.3 Å². The van der Waals surface area contributed by atoms with Gasteiger partial charge in [-0.15, -0.1) is 11.6 Å². The summed E-state index contributed by atoms with van der Waals surface area (Å²) in [5, 5.41) is 2.73. The molecule has 0 fully saturated rings. The van der Waals surface area contributed by atoms with E-state index >= 15 is 0 Å². The van der Waals surface area contributed by atoms with Crippen LogP contribution in [0.15, 0.2) is 18.2 Å². The third-order valence-corrected chi connectivity index (χ3v) is 3.28. The lowest BCUT2D eigenvalue weighted by atomic mass is 10.0. The van der Waals surface area contributed by atoms with E-state index in [2.05, 4.69) is 5.32 Å². The molecule has 0 spiro atoms. The van der Waals surface area contributed by atoms with Gasteiger partial charge in [-0.2, -0.15) is 0 Å². The summed E-state index contributed by atoms with van der Waals surface area (Å²) < 4.78 is 26.4. The highest BCUT2D eigenvalue weighted by atomic mass is 35.5. The molecule has 19 heavy (non-hydrogen) atoms. The molecule has 0 saturated carbocycles. The molecule has 0 heterocycles. The van der Waals surface area contributed by atoms with Crippen molar-refractivity contribution in [2.24, 2.45) is 5.92 Å². The SMILES string of the molecule is CCC(CCCl)CNC(=O)Cc1cccc(F)c1F. The molecule has 0 aromatic heterocycles. The van der Waals surface area contributed by atoms with Crippen molar-refractivity contribution in [1.29, 1.82) is 0 Å². The molecular weight excluding hydrogens is 272 g/mol. The molecular formula is C14H18ClF2NO. The van der Waals surface area contributed by atoms with Gasteiger partial charge >= 0.3 is 0 Å². The molecule has 1 N–H and O–H groups in total. The number of halogens is 3. The molecule has 5 heteroatoms. The van der Waals surface area contributed by atoms with Crippen LogP contribution in [0.1, 0.15) is 25.3 Å². The summed E-state index contributed by atoms with van der Waals surface area (Å²) >= 11 is 5.65. The lowest BCUT2D eigenvalue weighted by Crippen LogP contribution is -2.30. The molecule has 1 unspecified atom stereocenters. The molecule has 1 rings (SSSR count). The summed E-state index contributed by atoms with van der Waals surface area (Å²) in [7, 11) is 0. The van der Waals surface area contributed by atoms with E-state index in [0.29, 0.717) is 18.3 Å².